The Kier molecular flexibility index (Phi) is 7.12. The van der Waals surface area contributed by atoms with Crippen LogP contribution in [0.5, 0.6) is 11.5 Å². The van der Waals surface area contributed by atoms with Gasteiger partial charge < -0.3 is 20.5 Å². The zero-order valence-corrected chi connectivity index (χ0v) is 16.4. The van der Waals surface area contributed by atoms with Gasteiger partial charge in [-0.2, -0.15) is 0 Å². The van der Waals surface area contributed by atoms with Crippen molar-refractivity contribution in [2.75, 3.05) is 18.5 Å². The highest BCUT2D eigenvalue weighted by Gasteiger charge is 2.10. The third-order valence-electron chi connectivity index (χ3n) is 3.44. The van der Waals surface area contributed by atoms with Gasteiger partial charge in [-0.05, 0) is 29.8 Å². The van der Waals surface area contributed by atoms with Crippen LogP contribution in [0.1, 0.15) is 12.0 Å². The fourth-order valence-electron chi connectivity index (χ4n) is 2.24. The fourth-order valence-corrected chi connectivity index (χ4v) is 2.45. The molecule has 0 atom stereocenters. The summed E-state index contributed by atoms with van der Waals surface area (Å²) < 4.78 is 24.3. The lowest BCUT2D eigenvalue weighted by atomic mass is 10.2. The lowest BCUT2D eigenvalue weighted by molar-refractivity contribution is 0.297. The van der Waals surface area contributed by atoms with Crippen molar-refractivity contribution in [3.8, 4) is 11.5 Å². The van der Waals surface area contributed by atoms with Crippen LogP contribution >= 0.6 is 35.6 Å². The highest BCUT2D eigenvalue weighted by molar-refractivity contribution is 14.0. The first-order chi connectivity index (χ1) is 11.6. The van der Waals surface area contributed by atoms with Crippen LogP contribution in [0.15, 0.2) is 41.4 Å². The molecule has 5 nitrogen and oxygen atoms in total. The average Bonchev–Trinajstić information content (AvgIpc) is 2.81. The first-order valence-electron chi connectivity index (χ1n) is 7.52. The van der Waals surface area contributed by atoms with Gasteiger partial charge in [-0.15, -0.1) is 24.0 Å². The lowest BCUT2D eigenvalue weighted by Gasteiger charge is -2.10. The summed E-state index contributed by atoms with van der Waals surface area (Å²) in [5.41, 5.74) is 7.40. The standard InChI is InChI=1S/C17H17ClFN3O2.HI/c18-13-8-11(2-4-14(13)19)10-21-17(20)22-12-3-5-15-16(9-12)24-7-1-6-23-15;/h2-5,8-9H,1,6-7,10H2,(H3,20,21,22);1H. The molecule has 0 unspecified atom stereocenters. The normalized spacial score (nSPS) is 13.6. The summed E-state index contributed by atoms with van der Waals surface area (Å²) in [6.07, 6.45) is 0.848. The molecule has 2 aromatic carbocycles. The predicted octanol–water partition coefficient (Wildman–Crippen LogP) is 4.19. The van der Waals surface area contributed by atoms with Gasteiger partial charge in [0.2, 0.25) is 0 Å². The molecule has 0 amide bonds. The van der Waals surface area contributed by atoms with Crippen molar-refractivity contribution < 1.29 is 13.9 Å². The van der Waals surface area contributed by atoms with Crippen LogP contribution in [0, 0.1) is 5.82 Å². The van der Waals surface area contributed by atoms with Gasteiger partial charge in [-0.25, -0.2) is 9.38 Å². The van der Waals surface area contributed by atoms with E-state index >= 15 is 0 Å². The highest BCUT2D eigenvalue weighted by Crippen LogP contribution is 2.32. The Labute approximate surface area is 167 Å². The largest absolute Gasteiger partial charge is 0.490 e. The molecule has 0 aromatic heterocycles. The number of hydrogen-bond donors (Lipinski definition) is 2. The van der Waals surface area contributed by atoms with E-state index in [9.17, 15) is 4.39 Å². The first kappa shape index (κ1) is 19.6. The molecule has 8 heteroatoms. The molecule has 1 aliphatic rings. The zero-order chi connectivity index (χ0) is 16.9. The topological polar surface area (TPSA) is 68.9 Å². The van der Waals surface area contributed by atoms with E-state index in [1.54, 1.807) is 6.07 Å². The van der Waals surface area contributed by atoms with Gasteiger partial charge in [0, 0.05) is 18.2 Å². The summed E-state index contributed by atoms with van der Waals surface area (Å²) >= 11 is 5.74. The molecule has 0 aliphatic carbocycles. The Balaban J connectivity index is 0.00000225. The SMILES string of the molecule is I.NC(=NCc1ccc(F)c(Cl)c1)Nc1ccc2c(c1)OCCCO2. The molecule has 25 heavy (non-hydrogen) atoms. The van der Waals surface area contributed by atoms with Gasteiger partial charge in [0.25, 0.3) is 0 Å². The number of rotatable bonds is 3. The number of nitrogens with zero attached hydrogens (tertiary/aromatic N) is 1. The molecule has 0 saturated heterocycles. The van der Waals surface area contributed by atoms with Gasteiger partial charge >= 0.3 is 0 Å². The van der Waals surface area contributed by atoms with Crippen molar-refractivity contribution in [2.24, 2.45) is 10.7 Å². The number of fused-ring (bicyclic) bond motifs is 1. The van der Waals surface area contributed by atoms with Gasteiger partial charge in [0.15, 0.2) is 17.5 Å². The van der Waals surface area contributed by atoms with E-state index in [1.165, 1.54) is 12.1 Å². The molecule has 134 valence electrons. The highest BCUT2D eigenvalue weighted by atomic mass is 127. The van der Waals surface area contributed by atoms with Crippen molar-refractivity contribution >= 4 is 47.2 Å². The van der Waals surface area contributed by atoms with Gasteiger partial charge in [0.05, 0.1) is 24.8 Å². The number of nitrogens with two attached hydrogens (primary N) is 1. The van der Waals surface area contributed by atoms with E-state index in [4.69, 9.17) is 26.8 Å². The molecule has 0 saturated carbocycles. The molecular weight excluding hydrogens is 460 g/mol. The van der Waals surface area contributed by atoms with Crippen molar-refractivity contribution in [3.63, 3.8) is 0 Å². The van der Waals surface area contributed by atoms with Crippen LogP contribution < -0.4 is 20.5 Å². The molecule has 3 N–H and O–H groups in total. The summed E-state index contributed by atoms with van der Waals surface area (Å²) in [4.78, 5) is 4.22. The minimum Gasteiger partial charge on any atom is -0.490 e. The van der Waals surface area contributed by atoms with Crippen LogP contribution in [-0.4, -0.2) is 19.2 Å². The molecule has 0 radical (unpaired) electrons. The van der Waals surface area contributed by atoms with Crippen LogP contribution in [0.2, 0.25) is 5.02 Å². The monoisotopic (exact) mass is 477 g/mol. The Hall–Kier alpha value is -1.74. The van der Waals surface area contributed by atoms with Crippen molar-refractivity contribution in [1.82, 2.24) is 0 Å². The van der Waals surface area contributed by atoms with Crippen molar-refractivity contribution in [3.05, 3.63) is 52.8 Å². The number of guanidine groups is 1. The summed E-state index contributed by atoms with van der Waals surface area (Å²) in [5.74, 6) is 1.18. The quantitative estimate of drug-likeness (QED) is 0.395. The van der Waals surface area contributed by atoms with E-state index in [-0.39, 0.29) is 35.0 Å². The molecule has 0 bridgehead atoms. The van der Waals surface area contributed by atoms with Crippen LogP contribution in [-0.2, 0) is 6.54 Å². The van der Waals surface area contributed by atoms with Crippen LogP contribution in [0.25, 0.3) is 0 Å². The number of anilines is 1. The van der Waals surface area contributed by atoms with Gasteiger partial charge in [0.1, 0.15) is 5.82 Å². The smallest absolute Gasteiger partial charge is 0.193 e. The first-order valence-corrected chi connectivity index (χ1v) is 7.90. The predicted molar refractivity (Wildman–Crippen MR) is 108 cm³/mol. The second kappa shape index (κ2) is 9.10. The summed E-state index contributed by atoms with van der Waals surface area (Å²) in [5, 5.41) is 3.06. The second-order valence-electron chi connectivity index (χ2n) is 5.29. The van der Waals surface area contributed by atoms with E-state index in [0.29, 0.717) is 25.5 Å². The summed E-state index contributed by atoms with van der Waals surface area (Å²) in [6, 6.07) is 9.94. The Morgan fingerprint density at radius 2 is 1.92 bits per heavy atom. The second-order valence-corrected chi connectivity index (χ2v) is 5.69. The third-order valence-corrected chi connectivity index (χ3v) is 3.73. The lowest BCUT2D eigenvalue weighted by Crippen LogP contribution is -2.22. The van der Waals surface area contributed by atoms with Gasteiger partial charge in [-0.1, -0.05) is 17.7 Å². The van der Waals surface area contributed by atoms with E-state index in [0.717, 1.165) is 23.4 Å². The minimum atomic E-state index is -0.456. The maximum Gasteiger partial charge on any atom is 0.193 e. The van der Waals surface area contributed by atoms with Gasteiger partial charge in [-0.3, -0.25) is 0 Å². The number of aliphatic imine (C=N–C) groups is 1. The summed E-state index contributed by atoms with van der Waals surface area (Å²) in [7, 11) is 0. The number of ether oxygens (including phenoxy) is 2. The Morgan fingerprint density at radius 1 is 1.16 bits per heavy atom. The maximum atomic E-state index is 13.1. The third kappa shape index (κ3) is 5.37. The van der Waals surface area contributed by atoms with E-state index in [1.807, 2.05) is 18.2 Å². The van der Waals surface area contributed by atoms with E-state index in [2.05, 4.69) is 10.3 Å². The molecule has 2 aromatic rings. The molecule has 1 aliphatic heterocycles. The molecule has 0 fully saturated rings. The van der Waals surface area contributed by atoms with Crippen LogP contribution in [0.4, 0.5) is 10.1 Å². The molecule has 3 rings (SSSR count). The fraction of sp³-hybridized carbons (Fsp3) is 0.235. The summed E-state index contributed by atoms with van der Waals surface area (Å²) in [6.45, 7) is 1.55. The minimum absolute atomic E-state index is 0. The number of nitrogens with one attached hydrogen (secondary N) is 1. The molecular formula is C17H18ClFIN3O2. The molecule has 0 spiro atoms. The zero-order valence-electron chi connectivity index (χ0n) is 13.3. The van der Waals surface area contributed by atoms with Crippen molar-refractivity contribution in [1.29, 1.82) is 0 Å². The number of benzene rings is 2. The number of hydrogen-bond acceptors (Lipinski definition) is 3. The Morgan fingerprint density at radius 3 is 2.68 bits per heavy atom. The average molecular weight is 478 g/mol. The maximum absolute atomic E-state index is 13.1. The van der Waals surface area contributed by atoms with Crippen molar-refractivity contribution in [2.45, 2.75) is 13.0 Å². The van der Waals surface area contributed by atoms with E-state index < -0.39 is 5.82 Å². The molecule has 1 heterocycles. The van der Waals surface area contributed by atoms with Crippen LogP contribution in [0.3, 0.4) is 0 Å². The number of halogens is 3. The Bertz CT molecular complexity index is 774.